The second kappa shape index (κ2) is 7.51. The number of carbonyl (C=O) groups is 2. The zero-order valence-electron chi connectivity index (χ0n) is 18.6. The first-order valence-corrected chi connectivity index (χ1v) is 11.7. The molecule has 0 aliphatic heterocycles. The monoisotopic (exact) mass is 402 g/mol. The number of aliphatic hydroxyl groups is 1. The predicted octanol–water partition coefficient (Wildman–Crippen LogP) is 4.69. The fraction of sp³-hybridized carbons (Fsp3) is 0.840. The molecule has 8 atom stereocenters. The molecule has 0 unspecified atom stereocenters. The Morgan fingerprint density at radius 1 is 1.24 bits per heavy atom. The van der Waals surface area contributed by atoms with E-state index in [1.165, 1.54) is 19.1 Å². The number of rotatable bonds is 4. The Morgan fingerprint density at radius 3 is 2.72 bits per heavy atom. The van der Waals surface area contributed by atoms with Crippen molar-refractivity contribution in [3.05, 3.63) is 11.6 Å². The molecule has 0 spiro atoms. The Labute approximate surface area is 175 Å². The fourth-order valence-electron chi connectivity index (χ4n) is 7.88. The largest absolute Gasteiger partial charge is 0.469 e. The number of allylic oxidation sites excluding steroid dienone is 2. The van der Waals surface area contributed by atoms with Crippen molar-refractivity contribution >= 4 is 11.8 Å². The van der Waals surface area contributed by atoms with Gasteiger partial charge in [0, 0.05) is 11.8 Å². The van der Waals surface area contributed by atoms with Gasteiger partial charge in [0.25, 0.3) is 0 Å². The summed E-state index contributed by atoms with van der Waals surface area (Å²) in [5.41, 5.74) is 1.21. The zero-order valence-corrected chi connectivity index (χ0v) is 18.6. The van der Waals surface area contributed by atoms with Crippen molar-refractivity contribution in [2.45, 2.75) is 84.7 Å². The summed E-state index contributed by atoms with van der Waals surface area (Å²) in [6.07, 6.45) is 10.4. The molecular formula is C25H38O4. The Bertz CT molecular complexity index is 712. The van der Waals surface area contributed by atoms with Crippen LogP contribution in [0.5, 0.6) is 0 Å². The van der Waals surface area contributed by atoms with Crippen LogP contribution < -0.4 is 0 Å². The second-order valence-corrected chi connectivity index (χ2v) is 10.9. The number of hydrogen-bond donors (Lipinski definition) is 1. The predicted molar refractivity (Wildman–Crippen MR) is 112 cm³/mol. The summed E-state index contributed by atoms with van der Waals surface area (Å²) in [4.78, 5) is 25.2. The molecule has 4 heteroatoms. The van der Waals surface area contributed by atoms with Crippen LogP contribution in [0.25, 0.3) is 0 Å². The molecular weight excluding hydrogens is 364 g/mol. The highest BCUT2D eigenvalue weighted by Crippen LogP contribution is 2.65. The maximum absolute atomic E-state index is 13.6. The molecule has 29 heavy (non-hydrogen) atoms. The molecule has 0 radical (unpaired) electrons. The third-order valence-electron chi connectivity index (χ3n) is 9.69. The van der Waals surface area contributed by atoms with Gasteiger partial charge in [-0.2, -0.15) is 0 Å². The standard InChI is InChI=1S/C25H38O4/c1-15(5-10-23(28)29-4)19-8-9-20-18-7-6-16-13-17(26)11-12-24(16,2)21(18)14-22(27)25(19,20)3/h14-20,26H,5-13H2,1-4H3/t15-,16-,17+,18+,19-,20+,24+,25-/m1/s1. The van der Waals surface area contributed by atoms with Gasteiger partial charge in [-0.05, 0) is 92.4 Å². The zero-order chi connectivity index (χ0) is 21.0. The Kier molecular flexibility index (Phi) is 5.46. The minimum absolute atomic E-state index is 0.0910. The van der Waals surface area contributed by atoms with Crippen LogP contribution in [0, 0.1) is 40.4 Å². The molecule has 4 nitrogen and oxygen atoms in total. The van der Waals surface area contributed by atoms with E-state index in [0.717, 1.165) is 44.9 Å². The minimum Gasteiger partial charge on any atom is -0.469 e. The first-order chi connectivity index (χ1) is 13.7. The van der Waals surface area contributed by atoms with E-state index in [4.69, 9.17) is 4.74 Å². The molecule has 162 valence electrons. The summed E-state index contributed by atoms with van der Waals surface area (Å²) in [6, 6.07) is 0. The Hall–Kier alpha value is -1.16. The number of ether oxygens (including phenoxy) is 1. The first kappa shape index (κ1) is 21.1. The molecule has 0 amide bonds. The Morgan fingerprint density at radius 2 is 2.00 bits per heavy atom. The third-order valence-corrected chi connectivity index (χ3v) is 9.69. The van der Waals surface area contributed by atoms with Crippen LogP contribution in [-0.2, 0) is 14.3 Å². The number of hydrogen-bond acceptors (Lipinski definition) is 4. The van der Waals surface area contributed by atoms with Crippen LogP contribution >= 0.6 is 0 Å². The Balaban J connectivity index is 1.60. The second-order valence-electron chi connectivity index (χ2n) is 10.9. The number of methoxy groups -OCH3 is 1. The molecule has 0 heterocycles. The third kappa shape index (κ3) is 3.21. The lowest BCUT2D eigenvalue weighted by Gasteiger charge is -2.56. The van der Waals surface area contributed by atoms with Crippen molar-refractivity contribution in [3.8, 4) is 0 Å². The van der Waals surface area contributed by atoms with E-state index in [0.29, 0.717) is 41.8 Å². The van der Waals surface area contributed by atoms with E-state index < -0.39 is 0 Å². The molecule has 4 aliphatic rings. The maximum Gasteiger partial charge on any atom is 0.305 e. The van der Waals surface area contributed by atoms with Gasteiger partial charge in [0.05, 0.1) is 13.2 Å². The molecule has 4 rings (SSSR count). The van der Waals surface area contributed by atoms with Crippen molar-refractivity contribution in [1.82, 2.24) is 0 Å². The van der Waals surface area contributed by atoms with Gasteiger partial charge in [-0.15, -0.1) is 0 Å². The van der Waals surface area contributed by atoms with Crippen molar-refractivity contribution < 1.29 is 19.4 Å². The molecule has 0 aromatic carbocycles. The van der Waals surface area contributed by atoms with Gasteiger partial charge >= 0.3 is 5.97 Å². The van der Waals surface area contributed by atoms with Crippen LogP contribution in [0.2, 0.25) is 0 Å². The normalized spacial score (nSPS) is 44.9. The summed E-state index contributed by atoms with van der Waals surface area (Å²) in [5.74, 6) is 2.34. The van der Waals surface area contributed by atoms with Crippen molar-refractivity contribution in [1.29, 1.82) is 0 Å². The summed E-state index contributed by atoms with van der Waals surface area (Å²) in [7, 11) is 1.44. The number of aliphatic hydroxyl groups excluding tert-OH is 1. The van der Waals surface area contributed by atoms with E-state index in [9.17, 15) is 14.7 Å². The van der Waals surface area contributed by atoms with E-state index in [1.807, 2.05) is 0 Å². The van der Waals surface area contributed by atoms with Crippen molar-refractivity contribution in [2.75, 3.05) is 7.11 Å². The minimum atomic E-state index is -0.291. The number of esters is 1. The lowest BCUT2D eigenvalue weighted by molar-refractivity contribution is -0.141. The van der Waals surface area contributed by atoms with Crippen LogP contribution in [0.3, 0.4) is 0 Å². The topological polar surface area (TPSA) is 63.6 Å². The highest BCUT2D eigenvalue weighted by molar-refractivity contribution is 5.97. The lowest BCUT2D eigenvalue weighted by atomic mass is 9.48. The molecule has 0 saturated heterocycles. The average molecular weight is 403 g/mol. The molecule has 3 fully saturated rings. The van der Waals surface area contributed by atoms with Crippen molar-refractivity contribution in [2.24, 2.45) is 40.4 Å². The van der Waals surface area contributed by atoms with E-state index in [1.54, 1.807) is 0 Å². The summed E-state index contributed by atoms with van der Waals surface area (Å²) in [5, 5.41) is 10.2. The van der Waals surface area contributed by atoms with E-state index in [-0.39, 0.29) is 22.9 Å². The summed E-state index contributed by atoms with van der Waals surface area (Å²) in [6.45, 7) is 6.80. The van der Waals surface area contributed by atoms with Crippen LogP contribution in [0.1, 0.15) is 78.6 Å². The van der Waals surface area contributed by atoms with E-state index >= 15 is 0 Å². The maximum atomic E-state index is 13.6. The van der Waals surface area contributed by atoms with Gasteiger partial charge in [0.2, 0.25) is 0 Å². The number of fused-ring (bicyclic) bond motifs is 5. The molecule has 1 N–H and O–H groups in total. The van der Waals surface area contributed by atoms with Crippen LogP contribution in [0.15, 0.2) is 11.6 Å². The van der Waals surface area contributed by atoms with Crippen LogP contribution in [0.4, 0.5) is 0 Å². The molecule has 0 aromatic rings. The molecule has 3 saturated carbocycles. The molecule has 0 aromatic heterocycles. The lowest BCUT2D eigenvalue weighted by Crippen LogP contribution is -2.52. The number of ketones is 1. The van der Waals surface area contributed by atoms with Gasteiger partial charge in [-0.1, -0.05) is 26.3 Å². The van der Waals surface area contributed by atoms with Gasteiger partial charge < -0.3 is 9.84 Å². The molecule has 4 aliphatic carbocycles. The van der Waals surface area contributed by atoms with Crippen molar-refractivity contribution in [3.63, 3.8) is 0 Å². The smallest absolute Gasteiger partial charge is 0.305 e. The quantitative estimate of drug-likeness (QED) is 0.693. The van der Waals surface area contributed by atoms with Crippen LogP contribution in [-0.4, -0.2) is 30.1 Å². The van der Waals surface area contributed by atoms with Gasteiger partial charge in [0.1, 0.15) is 0 Å². The summed E-state index contributed by atoms with van der Waals surface area (Å²) < 4.78 is 4.82. The van der Waals surface area contributed by atoms with Gasteiger partial charge in [-0.25, -0.2) is 0 Å². The highest BCUT2D eigenvalue weighted by Gasteiger charge is 2.60. The summed E-state index contributed by atoms with van der Waals surface area (Å²) >= 11 is 0. The SMILES string of the molecule is COC(=O)CC[C@@H](C)[C@H]1CC[C@H]2[C@@H]3CC[C@@H]4C[C@@H](O)CC[C@]4(C)C3=CC(=O)[C@]12C. The molecule has 0 bridgehead atoms. The van der Waals surface area contributed by atoms with Gasteiger partial charge in [0.15, 0.2) is 5.78 Å². The first-order valence-electron chi connectivity index (χ1n) is 11.7. The average Bonchev–Trinajstić information content (AvgIpc) is 3.06. The van der Waals surface area contributed by atoms with E-state index in [2.05, 4.69) is 26.8 Å². The van der Waals surface area contributed by atoms with Gasteiger partial charge in [-0.3, -0.25) is 9.59 Å². The highest BCUT2D eigenvalue weighted by atomic mass is 16.5. The number of carbonyl (C=O) groups excluding carboxylic acids is 2. The fourth-order valence-corrected chi connectivity index (χ4v) is 7.88.